The molecule has 5 heteroatoms. The molecule has 21 heavy (non-hydrogen) atoms. The summed E-state index contributed by atoms with van der Waals surface area (Å²) >= 11 is 0. The van der Waals surface area contributed by atoms with E-state index < -0.39 is 5.82 Å². The van der Waals surface area contributed by atoms with Crippen LogP contribution >= 0.6 is 0 Å². The van der Waals surface area contributed by atoms with Crippen molar-refractivity contribution in [3.05, 3.63) is 59.4 Å². The molecule has 2 aromatic carbocycles. The first-order valence-corrected chi connectivity index (χ1v) is 6.39. The predicted molar refractivity (Wildman–Crippen MR) is 79.2 cm³/mol. The maximum Gasteiger partial charge on any atom is 0.221 e. The number of nitrogens with one attached hydrogen (secondary N) is 2. The molecule has 1 amide bonds. The number of rotatable bonds is 4. The monoisotopic (exact) mass is 283 g/mol. The Hall–Kier alpha value is -2.87. The average Bonchev–Trinajstić information content (AvgIpc) is 2.46. The largest absolute Gasteiger partial charge is 0.380 e. The molecule has 0 saturated heterocycles. The first kappa shape index (κ1) is 14.5. The van der Waals surface area contributed by atoms with Crippen molar-refractivity contribution >= 4 is 17.3 Å². The maximum absolute atomic E-state index is 13.4. The number of carbonyl (C=O) groups is 1. The Bertz CT molecular complexity index is 690. The van der Waals surface area contributed by atoms with Gasteiger partial charge in [0.1, 0.15) is 17.4 Å². The van der Waals surface area contributed by atoms with Crippen molar-refractivity contribution in [3.8, 4) is 6.07 Å². The Morgan fingerprint density at radius 1 is 1.24 bits per heavy atom. The highest BCUT2D eigenvalue weighted by Crippen LogP contribution is 2.19. The number of nitrogens with zero attached hydrogens (tertiary/aromatic N) is 1. The molecule has 0 aliphatic rings. The number of nitriles is 1. The molecule has 4 nitrogen and oxygen atoms in total. The van der Waals surface area contributed by atoms with Crippen LogP contribution < -0.4 is 10.6 Å². The number of benzene rings is 2. The van der Waals surface area contributed by atoms with E-state index in [-0.39, 0.29) is 11.5 Å². The Balaban J connectivity index is 2.05. The minimum Gasteiger partial charge on any atom is -0.380 e. The van der Waals surface area contributed by atoms with Gasteiger partial charge in [0.05, 0.1) is 5.69 Å². The van der Waals surface area contributed by atoms with Crippen molar-refractivity contribution < 1.29 is 9.18 Å². The molecular weight excluding hydrogens is 269 g/mol. The van der Waals surface area contributed by atoms with Gasteiger partial charge in [0.2, 0.25) is 5.91 Å². The molecule has 106 valence electrons. The Morgan fingerprint density at radius 2 is 1.95 bits per heavy atom. The quantitative estimate of drug-likeness (QED) is 0.905. The molecule has 0 spiro atoms. The first-order valence-electron chi connectivity index (χ1n) is 6.39. The van der Waals surface area contributed by atoms with Gasteiger partial charge in [0, 0.05) is 19.2 Å². The summed E-state index contributed by atoms with van der Waals surface area (Å²) in [4.78, 5) is 10.9. The molecule has 2 aromatic rings. The number of hydrogen-bond acceptors (Lipinski definition) is 3. The summed E-state index contributed by atoms with van der Waals surface area (Å²) in [5.74, 6) is -0.664. The van der Waals surface area contributed by atoms with Gasteiger partial charge in [-0.3, -0.25) is 4.79 Å². The summed E-state index contributed by atoms with van der Waals surface area (Å²) in [6.45, 7) is 1.90. The minimum absolute atomic E-state index is 0.00682. The fourth-order valence-electron chi connectivity index (χ4n) is 1.89. The lowest BCUT2D eigenvalue weighted by atomic mass is 10.1. The summed E-state index contributed by atoms with van der Waals surface area (Å²) in [7, 11) is 0. The van der Waals surface area contributed by atoms with Gasteiger partial charge in [-0.25, -0.2) is 4.39 Å². The van der Waals surface area contributed by atoms with Crippen LogP contribution in [0.4, 0.5) is 15.8 Å². The van der Waals surface area contributed by atoms with Crippen molar-refractivity contribution in [2.24, 2.45) is 0 Å². The molecule has 0 aromatic heterocycles. The third-order valence-electron chi connectivity index (χ3n) is 2.88. The van der Waals surface area contributed by atoms with Gasteiger partial charge in [-0.05, 0) is 29.8 Å². The van der Waals surface area contributed by atoms with E-state index in [1.165, 1.54) is 13.0 Å². The van der Waals surface area contributed by atoms with E-state index in [0.717, 1.165) is 11.3 Å². The molecule has 2 N–H and O–H groups in total. The third-order valence-corrected chi connectivity index (χ3v) is 2.88. The van der Waals surface area contributed by atoms with E-state index in [1.54, 1.807) is 24.3 Å². The van der Waals surface area contributed by atoms with Crippen LogP contribution in [0.15, 0.2) is 42.5 Å². The summed E-state index contributed by atoms with van der Waals surface area (Å²) in [6.07, 6.45) is 0. The number of halogens is 1. The van der Waals surface area contributed by atoms with Gasteiger partial charge in [-0.2, -0.15) is 5.26 Å². The zero-order valence-corrected chi connectivity index (χ0v) is 11.5. The summed E-state index contributed by atoms with van der Waals surface area (Å²) in [5, 5.41) is 14.7. The lowest BCUT2D eigenvalue weighted by molar-refractivity contribution is -0.114. The van der Waals surface area contributed by atoms with Crippen LogP contribution in [0.3, 0.4) is 0 Å². The van der Waals surface area contributed by atoms with Crippen LogP contribution in [0.2, 0.25) is 0 Å². The van der Waals surface area contributed by atoms with Crippen molar-refractivity contribution in [2.45, 2.75) is 13.5 Å². The van der Waals surface area contributed by atoms with Crippen molar-refractivity contribution in [1.82, 2.24) is 0 Å². The minimum atomic E-state index is -0.538. The normalized spacial score (nSPS) is 9.76. The third kappa shape index (κ3) is 3.80. The van der Waals surface area contributed by atoms with Gasteiger partial charge in [0.25, 0.3) is 0 Å². The van der Waals surface area contributed by atoms with E-state index >= 15 is 0 Å². The molecule has 0 unspecified atom stereocenters. The van der Waals surface area contributed by atoms with E-state index in [9.17, 15) is 9.18 Å². The lowest BCUT2D eigenvalue weighted by Gasteiger charge is -2.09. The highest BCUT2D eigenvalue weighted by Gasteiger charge is 2.07. The smallest absolute Gasteiger partial charge is 0.221 e. The highest BCUT2D eigenvalue weighted by atomic mass is 19.1. The lowest BCUT2D eigenvalue weighted by Crippen LogP contribution is -2.06. The van der Waals surface area contributed by atoms with E-state index in [0.29, 0.717) is 12.2 Å². The van der Waals surface area contributed by atoms with Crippen LogP contribution in [0.25, 0.3) is 0 Å². The van der Waals surface area contributed by atoms with E-state index in [1.807, 2.05) is 18.2 Å². The number of amides is 1. The fraction of sp³-hybridized carbons (Fsp3) is 0.125. The Kier molecular flexibility index (Phi) is 4.52. The molecule has 0 aliphatic heterocycles. The van der Waals surface area contributed by atoms with Crippen LogP contribution in [0.5, 0.6) is 0 Å². The molecule has 0 aliphatic carbocycles. The predicted octanol–water partition coefficient (Wildman–Crippen LogP) is 3.27. The Labute approximate surface area is 122 Å². The van der Waals surface area contributed by atoms with Gasteiger partial charge in [-0.1, -0.05) is 18.2 Å². The van der Waals surface area contributed by atoms with Crippen LogP contribution in [0, 0.1) is 17.1 Å². The molecule has 0 saturated carbocycles. The van der Waals surface area contributed by atoms with Gasteiger partial charge >= 0.3 is 0 Å². The zero-order valence-electron chi connectivity index (χ0n) is 11.5. The second kappa shape index (κ2) is 6.53. The van der Waals surface area contributed by atoms with Crippen LogP contribution in [-0.4, -0.2) is 5.91 Å². The highest BCUT2D eigenvalue weighted by molar-refractivity contribution is 5.88. The van der Waals surface area contributed by atoms with Gasteiger partial charge < -0.3 is 10.6 Å². The van der Waals surface area contributed by atoms with E-state index in [2.05, 4.69) is 10.6 Å². The van der Waals surface area contributed by atoms with E-state index in [4.69, 9.17) is 5.26 Å². The molecule has 0 radical (unpaired) electrons. The van der Waals surface area contributed by atoms with Crippen molar-refractivity contribution in [2.75, 3.05) is 10.6 Å². The average molecular weight is 283 g/mol. The topological polar surface area (TPSA) is 64.9 Å². The summed E-state index contributed by atoms with van der Waals surface area (Å²) in [5.41, 5.74) is 2.14. The summed E-state index contributed by atoms with van der Waals surface area (Å²) in [6, 6.07) is 13.6. The molecule has 2 rings (SSSR count). The second-order valence-electron chi connectivity index (χ2n) is 4.51. The molecule has 0 fully saturated rings. The standard InChI is InChI=1S/C16H14FN3O/c1-11(21)20-13-7-5-12(6-8-13)10-19-16-4-2-3-15(17)14(16)9-18/h2-8,19H,10H2,1H3,(H,20,21). The molecule has 0 heterocycles. The second-order valence-corrected chi connectivity index (χ2v) is 4.51. The number of hydrogen-bond donors (Lipinski definition) is 2. The maximum atomic E-state index is 13.4. The molecule has 0 atom stereocenters. The zero-order chi connectivity index (χ0) is 15.2. The molecule has 0 bridgehead atoms. The number of carbonyl (C=O) groups excluding carboxylic acids is 1. The first-order chi connectivity index (χ1) is 10.1. The Morgan fingerprint density at radius 3 is 2.57 bits per heavy atom. The van der Waals surface area contributed by atoms with Crippen molar-refractivity contribution in [3.63, 3.8) is 0 Å². The SMILES string of the molecule is CC(=O)Nc1ccc(CNc2cccc(F)c2C#N)cc1. The van der Waals surface area contributed by atoms with Gasteiger partial charge in [-0.15, -0.1) is 0 Å². The van der Waals surface area contributed by atoms with Crippen LogP contribution in [-0.2, 0) is 11.3 Å². The fourth-order valence-corrected chi connectivity index (χ4v) is 1.89. The summed E-state index contributed by atoms with van der Waals surface area (Å²) < 4.78 is 13.4. The molecular formula is C16H14FN3O. The number of anilines is 2. The van der Waals surface area contributed by atoms with Crippen molar-refractivity contribution in [1.29, 1.82) is 5.26 Å². The van der Waals surface area contributed by atoms with Gasteiger partial charge in [0.15, 0.2) is 0 Å². The van der Waals surface area contributed by atoms with Crippen LogP contribution in [0.1, 0.15) is 18.1 Å².